The van der Waals surface area contributed by atoms with Gasteiger partial charge in [0.05, 0.1) is 0 Å². The average Bonchev–Trinajstić information content (AvgIpc) is 2.13. The van der Waals surface area contributed by atoms with Crippen LogP contribution in [0.2, 0.25) is 0 Å². The van der Waals surface area contributed by atoms with Crippen LogP contribution in [-0.4, -0.2) is 12.6 Å². The third-order valence-electron chi connectivity index (χ3n) is 1.53. The van der Waals surface area contributed by atoms with Gasteiger partial charge >= 0.3 is 0 Å². The molecule has 84 valence electrons. The molecule has 0 atom stereocenters. The van der Waals surface area contributed by atoms with Crippen LogP contribution in [0.15, 0.2) is 0 Å². The van der Waals surface area contributed by atoms with Crippen molar-refractivity contribution in [3.8, 4) is 0 Å². The SMILES string of the molecule is CC(C)(C)C=O.CCCCCCC=O. The lowest BCUT2D eigenvalue weighted by Gasteiger charge is -2.03. The highest BCUT2D eigenvalue weighted by Gasteiger charge is 2.04. The molecule has 0 saturated heterocycles. The monoisotopic (exact) mass is 200 g/mol. The largest absolute Gasteiger partial charge is 0.303 e. The minimum atomic E-state index is -0.139. The second-order valence-corrected chi connectivity index (χ2v) is 4.50. The van der Waals surface area contributed by atoms with Crippen LogP contribution >= 0.6 is 0 Å². The molecule has 2 heteroatoms. The van der Waals surface area contributed by atoms with Gasteiger partial charge in [-0.05, 0) is 6.42 Å². The number of aldehydes is 2. The van der Waals surface area contributed by atoms with E-state index >= 15 is 0 Å². The molecule has 0 heterocycles. The van der Waals surface area contributed by atoms with Crippen molar-refractivity contribution in [2.75, 3.05) is 0 Å². The second kappa shape index (κ2) is 10.4. The minimum absolute atomic E-state index is 0.139. The summed E-state index contributed by atoms with van der Waals surface area (Å²) in [4.78, 5) is 19.6. The van der Waals surface area contributed by atoms with Gasteiger partial charge in [0, 0.05) is 11.8 Å². The lowest BCUT2D eigenvalue weighted by molar-refractivity contribution is -0.114. The van der Waals surface area contributed by atoms with Gasteiger partial charge in [-0.25, -0.2) is 0 Å². The first-order valence-corrected chi connectivity index (χ1v) is 5.38. The molecule has 0 rings (SSSR count). The molecule has 0 aliphatic rings. The van der Waals surface area contributed by atoms with Gasteiger partial charge in [-0.1, -0.05) is 47.0 Å². The van der Waals surface area contributed by atoms with Crippen LogP contribution in [0.4, 0.5) is 0 Å². The first-order chi connectivity index (χ1) is 6.47. The van der Waals surface area contributed by atoms with Gasteiger partial charge < -0.3 is 9.59 Å². The average molecular weight is 200 g/mol. The van der Waals surface area contributed by atoms with Crippen LogP contribution in [0.3, 0.4) is 0 Å². The maximum absolute atomic E-state index is 9.83. The third-order valence-corrected chi connectivity index (χ3v) is 1.53. The fourth-order valence-electron chi connectivity index (χ4n) is 0.654. The molecule has 0 unspecified atom stereocenters. The topological polar surface area (TPSA) is 34.1 Å². The Labute approximate surface area is 88.1 Å². The fourth-order valence-corrected chi connectivity index (χ4v) is 0.654. The smallest absolute Gasteiger partial charge is 0.125 e. The summed E-state index contributed by atoms with van der Waals surface area (Å²) >= 11 is 0. The maximum atomic E-state index is 9.83. The first-order valence-electron chi connectivity index (χ1n) is 5.38. The van der Waals surface area contributed by atoms with E-state index in [-0.39, 0.29) is 5.41 Å². The molecule has 0 saturated carbocycles. The zero-order valence-electron chi connectivity index (χ0n) is 10.0. The van der Waals surface area contributed by atoms with E-state index in [1.54, 1.807) is 0 Å². The molecule has 2 nitrogen and oxygen atoms in total. The second-order valence-electron chi connectivity index (χ2n) is 4.50. The van der Waals surface area contributed by atoms with Crippen LogP contribution in [0, 0.1) is 5.41 Å². The number of hydrogen-bond acceptors (Lipinski definition) is 2. The molecule has 0 spiro atoms. The minimum Gasteiger partial charge on any atom is -0.303 e. The van der Waals surface area contributed by atoms with Crippen molar-refractivity contribution in [3.05, 3.63) is 0 Å². The summed E-state index contributed by atoms with van der Waals surface area (Å²) in [6, 6.07) is 0. The summed E-state index contributed by atoms with van der Waals surface area (Å²) in [5, 5.41) is 0. The fraction of sp³-hybridized carbons (Fsp3) is 0.833. The Morgan fingerprint density at radius 1 is 1.00 bits per heavy atom. The van der Waals surface area contributed by atoms with Crippen molar-refractivity contribution >= 4 is 12.6 Å². The summed E-state index contributed by atoms with van der Waals surface area (Å²) in [5.41, 5.74) is -0.139. The van der Waals surface area contributed by atoms with E-state index in [0.717, 1.165) is 25.4 Å². The molecule has 0 aromatic rings. The molecule has 0 bridgehead atoms. The first kappa shape index (κ1) is 15.8. The predicted molar refractivity (Wildman–Crippen MR) is 60.3 cm³/mol. The quantitative estimate of drug-likeness (QED) is 0.503. The van der Waals surface area contributed by atoms with E-state index < -0.39 is 0 Å². The van der Waals surface area contributed by atoms with E-state index in [4.69, 9.17) is 0 Å². The normalized spacial score (nSPS) is 10.0. The Kier molecular flexibility index (Phi) is 11.8. The zero-order chi connectivity index (χ0) is 11.4. The van der Waals surface area contributed by atoms with Crippen molar-refractivity contribution in [1.29, 1.82) is 0 Å². The molecular weight excluding hydrogens is 176 g/mol. The third kappa shape index (κ3) is 22.5. The van der Waals surface area contributed by atoms with Crippen LogP contribution in [0.25, 0.3) is 0 Å². The molecule has 0 aliphatic heterocycles. The number of carbonyl (C=O) groups is 2. The number of hydrogen-bond donors (Lipinski definition) is 0. The number of unbranched alkanes of at least 4 members (excludes halogenated alkanes) is 4. The molecule has 0 amide bonds. The van der Waals surface area contributed by atoms with E-state index in [9.17, 15) is 9.59 Å². The van der Waals surface area contributed by atoms with Gasteiger partial charge in [0.1, 0.15) is 12.6 Å². The number of rotatable bonds is 5. The molecule has 0 radical (unpaired) electrons. The highest BCUT2D eigenvalue weighted by molar-refractivity contribution is 5.56. The van der Waals surface area contributed by atoms with Crippen LogP contribution in [0.1, 0.15) is 59.8 Å². The Hall–Kier alpha value is -0.660. The zero-order valence-corrected chi connectivity index (χ0v) is 10.0. The van der Waals surface area contributed by atoms with Crippen LogP contribution < -0.4 is 0 Å². The summed E-state index contributed by atoms with van der Waals surface area (Å²) in [6.07, 6.45) is 7.50. The highest BCUT2D eigenvalue weighted by atomic mass is 16.1. The predicted octanol–water partition coefficient (Wildman–Crippen LogP) is 3.39. The molecule has 0 fully saturated rings. The van der Waals surface area contributed by atoms with Crippen molar-refractivity contribution in [2.45, 2.75) is 59.8 Å². The summed E-state index contributed by atoms with van der Waals surface area (Å²) in [7, 11) is 0. The van der Waals surface area contributed by atoms with Crippen molar-refractivity contribution in [3.63, 3.8) is 0 Å². The lowest BCUT2D eigenvalue weighted by Crippen LogP contribution is -2.04. The summed E-state index contributed by atoms with van der Waals surface area (Å²) in [6.45, 7) is 7.79. The standard InChI is InChI=1S/C7H14O.C5H10O/c1-2-3-4-5-6-7-8;1-5(2,3)4-6/h7H,2-6H2,1H3;4H,1-3H3. The molecule has 0 aliphatic carbocycles. The van der Waals surface area contributed by atoms with E-state index in [1.807, 2.05) is 20.8 Å². The lowest BCUT2D eigenvalue weighted by atomic mass is 10.0. The van der Waals surface area contributed by atoms with Gasteiger partial charge in [-0.3, -0.25) is 0 Å². The van der Waals surface area contributed by atoms with Crippen LogP contribution in [-0.2, 0) is 9.59 Å². The van der Waals surface area contributed by atoms with Crippen molar-refractivity contribution in [1.82, 2.24) is 0 Å². The molecular formula is C12H24O2. The Morgan fingerprint density at radius 2 is 1.50 bits per heavy atom. The number of carbonyl (C=O) groups excluding carboxylic acids is 2. The van der Waals surface area contributed by atoms with E-state index in [0.29, 0.717) is 0 Å². The summed E-state index contributed by atoms with van der Waals surface area (Å²) in [5.74, 6) is 0. The van der Waals surface area contributed by atoms with Gasteiger partial charge in [0.15, 0.2) is 0 Å². The Balaban J connectivity index is 0. The summed E-state index contributed by atoms with van der Waals surface area (Å²) < 4.78 is 0. The highest BCUT2D eigenvalue weighted by Crippen LogP contribution is 2.05. The van der Waals surface area contributed by atoms with Crippen molar-refractivity contribution in [2.24, 2.45) is 5.41 Å². The molecule has 0 N–H and O–H groups in total. The van der Waals surface area contributed by atoms with Gasteiger partial charge in [0.2, 0.25) is 0 Å². The molecule has 14 heavy (non-hydrogen) atoms. The van der Waals surface area contributed by atoms with E-state index in [1.165, 1.54) is 19.3 Å². The van der Waals surface area contributed by atoms with Crippen molar-refractivity contribution < 1.29 is 9.59 Å². The van der Waals surface area contributed by atoms with Gasteiger partial charge in [-0.2, -0.15) is 0 Å². The Morgan fingerprint density at radius 3 is 1.79 bits per heavy atom. The Bertz CT molecular complexity index is 134. The molecule has 0 aromatic heterocycles. The van der Waals surface area contributed by atoms with Crippen LogP contribution in [0.5, 0.6) is 0 Å². The molecule has 0 aromatic carbocycles. The van der Waals surface area contributed by atoms with Gasteiger partial charge in [0.25, 0.3) is 0 Å². The van der Waals surface area contributed by atoms with E-state index in [2.05, 4.69) is 6.92 Å². The maximum Gasteiger partial charge on any atom is 0.125 e. The van der Waals surface area contributed by atoms with Gasteiger partial charge in [-0.15, -0.1) is 0 Å².